The van der Waals surface area contributed by atoms with E-state index < -0.39 is 0 Å². The van der Waals surface area contributed by atoms with Gasteiger partial charge in [0.2, 0.25) is 0 Å². The molecule has 4 heteroatoms. The lowest BCUT2D eigenvalue weighted by molar-refractivity contribution is 0.630. The van der Waals surface area contributed by atoms with Crippen LogP contribution in [0.4, 0.5) is 0 Å². The average molecular weight is 162 g/mol. The number of aromatic nitrogens is 3. The molecule has 0 aromatic carbocycles. The minimum atomic E-state index is 0. The van der Waals surface area contributed by atoms with Gasteiger partial charge in [0, 0.05) is 6.54 Å². The van der Waals surface area contributed by atoms with Crippen molar-refractivity contribution in [1.82, 2.24) is 14.8 Å². The van der Waals surface area contributed by atoms with Crippen molar-refractivity contribution in [2.75, 3.05) is 0 Å². The van der Waals surface area contributed by atoms with E-state index in [0.717, 1.165) is 6.54 Å². The zero-order valence-electron chi connectivity index (χ0n) is 6.03. The standard InChI is InChI=1S/C6H11N3.ClH/c1-2-3-4-9-5-7-8-6-9;/h5-6H,2-4H2,1H3;1H. The van der Waals surface area contributed by atoms with E-state index in [9.17, 15) is 0 Å². The number of hydrogen-bond acceptors (Lipinski definition) is 2. The highest BCUT2D eigenvalue weighted by Gasteiger charge is 1.86. The Balaban J connectivity index is 0.000000810. The van der Waals surface area contributed by atoms with Crippen molar-refractivity contribution >= 4 is 12.4 Å². The van der Waals surface area contributed by atoms with E-state index in [-0.39, 0.29) is 12.4 Å². The molecule has 0 fully saturated rings. The monoisotopic (exact) mass is 161 g/mol. The molecule has 0 unspecified atom stereocenters. The summed E-state index contributed by atoms with van der Waals surface area (Å²) in [6.45, 7) is 3.22. The molecule has 0 aliphatic rings. The molecule has 1 aromatic heterocycles. The van der Waals surface area contributed by atoms with Crippen LogP contribution in [0.1, 0.15) is 19.8 Å². The summed E-state index contributed by atoms with van der Waals surface area (Å²) in [5, 5.41) is 7.38. The van der Waals surface area contributed by atoms with Crippen molar-refractivity contribution < 1.29 is 0 Å². The first-order valence-corrected chi connectivity index (χ1v) is 3.26. The minimum absolute atomic E-state index is 0. The summed E-state index contributed by atoms with van der Waals surface area (Å²) in [5.41, 5.74) is 0. The molecular formula is C6H12ClN3. The molecule has 3 nitrogen and oxygen atoms in total. The van der Waals surface area contributed by atoms with Gasteiger partial charge in [-0.05, 0) is 6.42 Å². The first kappa shape index (κ1) is 9.43. The fraction of sp³-hybridized carbons (Fsp3) is 0.667. The molecule has 0 bridgehead atoms. The Labute approximate surface area is 66.9 Å². The maximum atomic E-state index is 3.69. The zero-order valence-corrected chi connectivity index (χ0v) is 6.84. The molecular weight excluding hydrogens is 150 g/mol. The number of unbranched alkanes of at least 4 members (excludes halogenated alkanes) is 1. The van der Waals surface area contributed by atoms with Crippen LogP contribution in [0.25, 0.3) is 0 Å². The van der Waals surface area contributed by atoms with E-state index in [2.05, 4.69) is 17.1 Å². The number of halogens is 1. The van der Waals surface area contributed by atoms with Gasteiger partial charge in [0.05, 0.1) is 0 Å². The van der Waals surface area contributed by atoms with E-state index in [1.54, 1.807) is 12.7 Å². The van der Waals surface area contributed by atoms with Crippen molar-refractivity contribution in [3.05, 3.63) is 12.7 Å². The van der Waals surface area contributed by atoms with Gasteiger partial charge < -0.3 is 4.57 Å². The number of hydrogen-bond donors (Lipinski definition) is 0. The molecule has 0 aliphatic heterocycles. The van der Waals surface area contributed by atoms with Crippen LogP contribution < -0.4 is 0 Å². The van der Waals surface area contributed by atoms with Gasteiger partial charge in [-0.1, -0.05) is 13.3 Å². The Morgan fingerprint density at radius 2 is 1.90 bits per heavy atom. The van der Waals surface area contributed by atoms with Crippen LogP contribution in [0.15, 0.2) is 12.7 Å². The Hall–Kier alpha value is -0.570. The van der Waals surface area contributed by atoms with Gasteiger partial charge in [-0.25, -0.2) is 0 Å². The van der Waals surface area contributed by atoms with Crippen molar-refractivity contribution in [2.45, 2.75) is 26.3 Å². The van der Waals surface area contributed by atoms with E-state index in [4.69, 9.17) is 0 Å². The van der Waals surface area contributed by atoms with Crippen LogP contribution in [-0.2, 0) is 6.54 Å². The van der Waals surface area contributed by atoms with Crippen LogP contribution >= 0.6 is 12.4 Å². The van der Waals surface area contributed by atoms with Crippen molar-refractivity contribution in [2.24, 2.45) is 0 Å². The highest BCUT2D eigenvalue weighted by atomic mass is 35.5. The summed E-state index contributed by atoms with van der Waals surface area (Å²) in [5.74, 6) is 0. The molecule has 10 heavy (non-hydrogen) atoms. The van der Waals surface area contributed by atoms with E-state index >= 15 is 0 Å². The Morgan fingerprint density at radius 3 is 2.40 bits per heavy atom. The highest BCUT2D eigenvalue weighted by Crippen LogP contribution is 1.90. The third-order valence-corrected chi connectivity index (χ3v) is 1.24. The first-order valence-electron chi connectivity index (χ1n) is 3.26. The van der Waals surface area contributed by atoms with Crippen LogP contribution in [0.5, 0.6) is 0 Å². The summed E-state index contributed by atoms with van der Waals surface area (Å²) in [4.78, 5) is 0. The second-order valence-corrected chi connectivity index (χ2v) is 2.05. The van der Waals surface area contributed by atoms with Crippen LogP contribution in [0, 0.1) is 0 Å². The third kappa shape index (κ3) is 2.82. The lowest BCUT2D eigenvalue weighted by atomic mass is 10.3. The Bertz CT molecular complexity index is 150. The predicted octanol–water partition coefficient (Wildman–Crippen LogP) is 1.50. The number of nitrogens with zero attached hydrogens (tertiary/aromatic N) is 3. The van der Waals surface area contributed by atoms with E-state index in [1.165, 1.54) is 12.8 Å². The molecule has 0 saturated heterocycles. The lowest BCUT2D eigenvalue weighted by Crippen LogP contribution is -1.92. The van der Waals surface area contributed by atoms with Gasteiger partial charge in [-0.15, -0.1) is 22.6 Å². The van der Waals surface area contributed by atoms with Crippen molar-refractivity contribution in [3.8, 4) is 0 Å². The second-order valence-electron chi connectivity index (χ2n) is 2.05. The normalized spacial score (nSPS) is 8.90. The summed E-state index contributed by atoms with van der Waals surface area (Å²) >= 11 is 0. The van der Waals surface area contributed by atoms with Gasteiger partial charge in [-0.3, -0.25) is 0 Å². The topological polar surface area (TPSA) is 30.7 Å². The molecule has 0 aliphatic carbocycles. The molecule has 0 amide bonds. The molecule has 1 heterocycles. The Morgan fingerprint density at radius 1 is 1.30 bits per heavy atom. The lowest BCUT2D eigenvalue weighted by Gasteiger charge is -1.95. The van der Waals surface area contributed by atoms with E-state index in [0.29, 0.717) is 0 Å². The molecule has 1 aromatic rings. The Kier molecular flexibility index (Phi) is 4.94. The van der Waals surface area contributed by atoms with Crippen molar-refractivity contribution in [1.29, 1.82) is 0 Å². The number of aryl methyl sites for hydroxylation is 1. The highest BCUT2D eigenvalue weighted by molar-refractivity contribution is 5.85. The number of rotatable bonds is 3. The van der Waals surface area contributed by atoms with Crippen LogP contribution in [0.2, 0.25) is 0 Å². The fourth-order valence-corrected chi connectivity index (χ4v) is 0.678. The minimum Gasteiger partial charge on any atom is -0.320 e. The summed E-state index contributed by atoms with van der Waals surface area (Å²) < 4.78 is 1.99. The molecule has 0 radical (unpaired) electrons. The maximum absolute atomic E-state index is 3.69. The molecule has 1 rings (SSSR count). The molecule has 0 spiro atoms. The first-order chi connectivity index (χ1) is 4.43. The smallest absolute Gasteiger partial charge is 0.119 e. The maximum Gasteiger partial charge on any atom is 0.119 e. The van der Waals surface area contributed by atoms with Crippen LogP contribution in [-0.4, -0.2) is 14.8 Å². The van der Waals surface area contributed by atoms with Gasteiger partial charge in [0.25, 0.3) is 0 Å². The van der Waals surface area contributed by atoms with Gasteiger partial charge in [0.1, 0.15) is 12.7 Å². The average Bonchev–Trinajstić information content (AvgIpc) is 2.34. The summed E-state index contributed by atoms with van der Waals surface area (Å²) in [6, 6.07) is 0. The third-order valence-electron chi connectivity index (χ3n) is 1.24. The summed E-state index contributed by atoms with van der Waals surface area (Å²) in [7, 11) is 0. The SMILES string of the molecule is CCCCn1cnnc1.Cl. The second kappa shape index (κ2) is 5.23. The molecule has 0 atom stereocenters. The largest absolute Gasteiger partial charge is 0.320 e. The van der Waals surface area contributed by atoms with E-state index in [1.807, 2.05) is 4.57 Å². The van der Waals surface area contributed by atoms with Gasteiger partial charge >= 0.3 is 0 Å². The molecule has 0 N–H and O–H groups in total. The van der Waals surface area contributed by atoms with Gasteiger partial charge in [0.15, 0.2) is 0 Å². The molecule has 0 saturated carbocycles. The zero-order chi connectivity index (χ0) is 6.53. The summed E-state index contributed by atoms with van der Waals surface area (Å²) in [6.07, 6.45) is 5.92. The quantitative estimate of drug-likeness (QED) is 0.673. The fourth-order valence-electron chi connectivity index (χ4n) is 0.678. The van der Waals surface area contributed by atoms with Gasteiger partial charge in [-0.2, -0.15) is 0 Å². The van der Waals surface area contributed by atoms with Crippen molar-refractivity contribution in [3.63, 3.8) is 0 Å². The predicted molar refractivity (Wildman–Crippen MR) is 42.2 cm³/mol. The van der Waals surface area contributed by atoms with Crippen LogP contribution in [0.3, 0.4) is 0 Å². The molecule has 58 valence electrons.